The summed E-state index contributed by atoms with van der Waals surface area (Å²) in [5, 5.41) is 8.52. The Morgan fingerprint density at radius 3 is 2.77 bits per heavy atom. The summed E-state index contributed by atoms with van der Waals surface area (Å²) < 4.78 is 14.2. The van der Waals surface area contributed by atoms with Crippen molar-refractivity contribution in [3.05, 3.63) is 31.6 Å². The molecule has 0 bridgehead atoms. The van der Waals surface area contributed by atoms with Gasteiger partial charge in [-0.3, -0.25) is 4.79 Å². The van der Waals surface area contributed by atoms with E-state index in [1.54, 1.807) is 12.1 Å². The van der Waals surface area contributed by atoms with Crippen molar-refractivity contribution in [1.82, 2.24) is 0 Å². The van der Waals surface area contributed by atoms with Gasteiger partial charge in [0.05, 0.1) is 10.9 Å². The number of halogens is 3. The molecule has 0 spiro atoms. The molecule has 0 saturated carbocycles. The molecule has 1 rings (SSSR count). The molecule has 70 valence electrons. The van der Waals surface area contributed by atoms with E-state index in [-0.39, 0.29) is 12.0 Å². The smallest absolute Gasteiger partial charge is 0.307 e. The Balaban J connectivity index is 3.17. The van der Waals surface area contributed by atoms with Crippen LogP contribution in [0.4, 0.5) is 4.39 Å². The summed E-state index contributed by atoms with van der Waals surface area (Å²) in [6.45, 7) is 0. The van der Waals surface area contributed by atoms with Crippen LogP contribution in [0.25, 0.3) is 0 Å². The lowest BCUT2D eigenvalue weighted by molar-refractivity contribution is -0.136. The van der Waals surface area contributed by atoms with Crippen LogP contribution in [0.1, 0.15) is 5.56 Å². The minimum absolute atomic E-state index is 0.225. The van der Waals surface area contributed by atoms with Crippen molar-refractivity contribution >= 4 is 44.5 Å². The van der Waals surface area contributed by atoms with Crippen LogP contribution in [0.15, 0.2) is 16.6 Å². The second kappa shape index (κ2) is 4.36. The zero-order valence-electron chi connectivity index (χ0n) is 6.35. The average Bonchev–Trinajstić information content (AvgIpc) is 2.05. The predicted octanol–water partition coefficient (Wildman–Crippen LogP) is 2.82. The quantitative estimate of drug-likeness (QED) is 0.652. The average molecular weight is 359 g/mol. The Labute approximate surface area is 96.4 Å². The van der Waals surface area contributed by atoms with E-state index < -0.39 is 11.8 Å². The Bertz CT molecular complexity index is 354. The lowest BCUT2D eigenvalue weighted by atomic mass is 10.1. The summed E-state index contributed by atoms with van der Waals surface area (Å²) in [5.74, 6) is -1.52. The Morgan fingerprint density at radius 2 is 2.23 bits per heavy atom. The molecule has 0 amide bonds. The second-order valence-corrected chi connectivity index (χ2v) is 4.41. The summed E-state index contributed by atoms with van der Waals surface area (Å²) in [6, 6.07) is 3.23. The second-order valence-electron chi connectivity index (χ2n) is 2.39. The van der Waals surface area contributed by atoms with E-state index in [0.717, 1.165) is 0 Å². The topological polar surface area (TPSA) is 37.3 Å². The fourth-order valence-electron chi connectivity index (χ4n) is 0.882. The van der Waals surface area contributed by atoms with Gasteiger partial charge in [0.1, 0.15) is 5.82 Å². The van der Waals surface area contributed by atoms with E-state index in [1.807, 2.05) is 22.6 Å². The number of rotatable bonds is 2. The third-order valence-corrected chi connectivity index (χ3v) is 3.09. The van der Waals surface area contributed by atoms with Crippen LogP contribution in [0.3, 0.4) is 0 Å². The summed E-state index contributed by atoms with van der Waals surface area (Å²) >= 11 is 4.91. The van der Waals surface area contributed by atoms with E-state index in [2.05, 4.69) is 15.9 Å². The molecule has 1 N–H and O–H groups in total. The van der Waals surface area contributed by atoms with Crippen LogP contribution in [0.5, 0.6) is 0 Å². The molecule has 0 radical (unpaired) electrons. The molecule has 0 atom stereocenters. The minimum Gasteiger partial charge on any atom is -0.481 e. The van der Waals surface area contributed by atoms with Gasteiger partial charge in [-0.05, 0) is 50.7 Å². The zero-order valence-corrected chi connectivity index (χ0v) is 10.1. The molecule has 0 saturated heterocycles. The van der Waals surface area contributed by atoms with Gasteiger partial charge in [0.15, 0.2) is 0 Å². The molecule has 0 heterocycles. The van der Waals surface area contributed by atoms with E-state index in [9.17, 15) is 9.18 Å². The highest BCUT2D eigenvalue weighted by Gasteiger charge is 2.13. The summed E-state index contributed by atoms with van der Waals surface area (Å²) in [4.78, 5) is 10.4. The highest BCUT2D eigenvalue weighted by molar-refractivity contribution is 14.1. The van der Waals surface area contributed by atoms with Crippen molar-refractivity contribution in [2.24, 2.45) is 0 Å². The predicted molar refractivity (Wildman–Crippen MR) is 58.2 cm³/mol. The van der Waals surface area contributed by atoms with E-state index in [4.69, 9.17) is 5.11 Å². The maximum Gasteiger partial charge on any atom is 0.307 e. The first-order valence-corrected chi connectivity index (χ1v) is 5.23. The summed E-state index contributed by atoms with van der Waals surface area (Å²) in [7, 11) is 0. The van der Waals surface area contributed by atoms with Crippen molar-refractivity contribution in [2.45, 2.75) is 6.42 Å². The summed E-state index contributed by atoms with van der Waals surface area (Å²) in [5.41, 5.74) is 0.225. The number of aliphatic carboxylic acids is 1. The molecule has 1 aromatic rings. The van der Waals surface area contributed by atoms with Crippen molar-refractivity contribution in [3.63, 3.8) is 0 Å². The Hall–Kier alpha value is -0.170. The number of hydrogen-bond acceptors (Lipinski definition) is 1. The van der Waals surface area contributed by atoms with Gasteiger partial charge in [-0.15, -0.1) is 0 Å². The third kappa shape index (κ3) is 2.63. The van der Waals surface area contributed by atoms with Gasteiger partial charge < -0.3 is 5.11 Å². The zero-order chi connectivity index (χ0) is 10.0. The molecule has 0 aliphatic carbocycles. The Morgan fingerprint density at radius 1 is 1.62 bits per heavy atom. The Kier molecular flexibility index (Phi) is 3.66. The molecule has 0 fully saturated rings. The number of carboxylic acid groups (broad SMARTS) is 1. The molecule has 0 aromatic heterocycles. The van der Waals surface area contributed by atoms with Gasteiger partial charge in [-0.2, -0.15) is 0 Å². The van der Waals surface area contributed by atoms with Crippen LogP contribution in [0.2, 0.25) is 0 Å². The van der Waals surface area contributed by atoms with E-state index in [1.165, 1.54) is 0 Å². The van der Waals surface area contributed by atoms with Crippen LogP contribution >= 0.6 is 38.5 Å². The first-order valence-electron chi connectivity index (χ1n) is 3.36. The van der Waals surface area contributed by atoms with Crippen LogP contribution < -0.4 is 0 Å². The van der Waals surface area contributed by atoms with Crippen LogP contribution in [-0.2, 0) is 11.2 Å². The van der Waals surface area contributed by atoms with E-state index in [0.29, 0.717) is 8.04 Å². The molecular formula is C8H5BrFIO2. The molecule has 0 aliphatic rings. The molecule has 0 aliphatic heterocycles. The fourth-order valence-corrected chi connectivity index (χ4v) is 1.86. The number of carbonyl (C=O) groups is 1. The van der Waals surface area contributed by atoms with Crippen molar-refractivity contribution in [2.75, 3.05) is 0 Å². The molecule has 2 nitrogen and oxygen atoms in total. The number of carboxylic acids is 1. The molecule has 5 heteroatoms. The van der Waals surface area contributed by atoms with Crippen molar-refractivity contribution in [1.29, 1.82) is 0 Å². The summed E-state index contributed by atoms with van der Waals surface area (Å²) in [6.07, 6.45) is -0.288. The standard InChI is InChI=1S/C8H5BrFIO2/c9-5-1-2-6(11)4(8(5)10)3-7(12)13/h1-2H,3H2,(H,12,13). The lowest BCUT2D eigenvalue weighted by Crippen LogP contribution is -2.05. The fraction of sp³-hybridized carbons (Fsp3) is 0.125. The first-order chi connectivity index (χ1) is 6.02. The highest BCUT2D eigenvalue weighted by Crippen LogP contribution is 2.23. The third-order valence-electron chi connectivity index (χ3n) is 1.47. The van der Waals surface area contributed by atoms with Crippen molar-refractivity contribution in [3.8, 4) is 0 Å². The lowest BCUT2D eigenvalue weighted by Gasteiger charge is -2.04. The molecule has 13 heavy (non-hydrogen) atoms. The van der Waals surface area contributed by atoms with Crippen molar-refractivity contribution < 1.29 is 14.3 Å². The van der Waals surface area contributed by atoms with Gasteiger partial charge in [-0.25, -0.2) is 4.39 Å². The number of hydrogen-bond donors (Lipinski definition) is 1. The number of benzene rings is 1. The van der Waals surface area contributed by atoms with E-state index >= 15 is 0 Å². The van der Waals surface area contributed by atoms with Gasteiger partial charge >= 0.3 is 5.97 Å². The van der Waals surface area contributed by atoms with Gasteiger partial charge in [0.25, 0.3) is 0 Å². The van der Waals surface area contributed by atoms with Crippen LogP contribution in [-0.4, -0.2) is 11.1 Å². The minimum atomic E-state index is -1.03. The first kappa shape index (κ1) is 10.9. The normalized spacial score (nSPS) is 10.1. The maximum atomic E-state index is 13.3. The molecule has 1 aromatic carbocycles. The maximum absolute atomic E-state index is 13.3. The highest BCUT2D eigenvalue weighted by atomic mass is 127. The largest absolute Gasteiger partial charge is 0.481 e. The van der Waals surface area contributed by atoms with Crippen LogP contribution in [0, 0.1) is 9.39 Å². The molecular weight excluding hydrogens is 354 g/mol. The molecule has 0 unspecified atom stereocenters. The van der Waals surface area contributed by atoms with Gasteiger partial charge in [-0.1, -0.05) is 0 Å². The van der Waals surface area contributed by atoms with Gasteiger partial charge in [0, 0.05) is 9.13 Å². The SMILES string of the molecule is O=C(O)Cc1c(I)ccc(Br)c1F. The monoisotopic (exact) mass is 358 g/mol. The van der Waals surface area contributed by atoms with Gasteiger partial charge in [0.2, 0.25) is 0 Å².